The maximum absolute atomic E-state index is 12.3. The molecule has 4 nitrogen and oxygen atoms in total. The van der Waals surface area contributed by atoms with Gasteiger partial charge in [0.25, 0.3) is 0 Å². The molecule has 0 saturated heterocycles. The Bertz CT molecular complexity index is 442. The number of hydrogen-bond donors (Lipinski definition) is 0. The van der Waals surface area contributed by atoms with E-state index < -0.39 is 18.4 Å². The molecule has 0 atom stereocenters. The van der Waals surface area contributed by atoms with Gasteiger partial charge in [0.05, 0.1) is 0 Å². The summed E-state index contributed by atoms with van der Waals surface area (Å²) in [6.07, 6.45) is -1.77. The Morgan fingerprint density at radius 1 is 1.44 bits per heavy atom. The van der Waals surface area contributed by atoms with Crippen molar-refractivity contribution in [1.29, 1.82) is 0 Å². The topological polar surface area (TPSA) is 39.8 Å². The van der Waals surface area contributed by atoms with Crippen molar-refractivity contribution in [1.82, 2.24) is 14.3 Å². The smallest absolute Gasteiger partial charge is 0.269 e. The summed E-state index contributed by atoms with van der Waals surface area (Å²) in [7, 11) is 1.37. The van der Waals surface area contributed by atoms with E-state index in [1.54, 1.807) is 0 Å². The standard InChI is InChI=1S/C9H12F3N3O/c1-14-8(16)15(5-9(10,11)12)7(13-14)6-3-2-4-6/h6H,2-5H2,1H3. The molecule has 0 aliphatic heterocycles. The monoisotopic (exact) mass is 235 g/mol. The summed E-state index contributed by atoms with van der Waals surface area (Å²) in [4.78, 5) is 11.5. The van der Waals surface area contributed by atoms with Crippen molar-refractivity contribution in [2.75, 3.05) is 0 Å². The summed E-state index contributed by atoms with van der Waals surface area (Å²) in [6, 6.07) is 0. The Morgan fingerprint density at radius 3 is 2.50 bits per heavy atom. The van der Waals surface area contributed by atoms with Gasteiger partial charge in [0.1, 0.15) is 12.4 Å². The normalized spacial score (nSPS) is 17.5. The number of rotatable bonds is 2. The number of nitrogens with zero attached hydrogens (tertiary/aromatic N) is 3. The molecule has 0 radical (unpaired) electrons. The van der Waals surface area contributed by atoms with Crippen LogP contribution in [0.15, 0.2) is 4.79 Å². The van der Waals surface area contributed by atoms with Crippen LogP contribution in [0.4, 0.5) is 13.2 Å². The Hall–Kier alpha value is -1.27. The SMILES string of the molecule is Cn1nc(C2CCC2)n(CC(F)(F)F)c1=O. The predicted molar refractivity (Wildman–Crippen MR) is 50.1 cm³/mol. The van der Waals surface area contributed by atoms with Gasteiger partial charge in [-0.3, -0.25) is 4.57 Å². The van der Waals surface area contributed by atoms with E-state index in [-0.39, 0.29) is 11.7 Å². The second-order valence-corrected chi connectivity index (χ2v) is 4.09. The average Bonchev–Trinajstić information content (AvgIpc) is 2.28. The Labute approximate surface area is 89.7 Å². The lowest BCUT2D eigenvalue weighted by molar-refractivity contribution is -0.141. The van der Waals surface area contributed by atoms with Crippen LogP contribution in [0.2, 0.25) is 0 Å². The minimum atomic E-state index is -4.38. The van der Waals surface area contributed by atoms with Crippen molar-refractivity contribution in [2.24, 2.45) is 7.05 Å². The van der Waals surface area contributed by atoms with Crippen LogP contribution in [0.3, 0.4) is 0 Å². The van der Waals surface area contributed by atoms with Gasteiger partial charge in [-0.2, -0.15) is 18.3 Å². The summed E-state index contributed by atoms with van der Waals surface area (Å²) in [6.45, 7) is -1.24. The quantitative estimate of drug-likeness (QED) is 0.777. The molecule has 0 aromatic carbocycles. The first-order chi connectivity index (χ1) is 7.38. The molecule has 0 bridgehead atoms. The van der Waals surface area contributed by atoms with E-state index in [0.717, 1.165) is 28.5 Å². The van der Waals surface area contributed by atoms with Crippen LogP contribution in [-0.2, 0) is 13.6 Å². The molecular formula is C9H12F3N3O. The van der Waals surface area contributed by atoms with E-state index in [2.05, 4.69) is 5.10 Å². The first-order valence-corrected chi connectivity index (χ1v) is 5.09. The second-order valence-electron chi connectivity index (χ2n) is 4.09. The molecule has 0 amide bonds. The molecule has 1 saturated carbocycles. The van der Waals surface area contributed by atoms with Gasteiger partial charge in [0, 0.05) is 13.0 Å². The van der Waals surface area contributed by atoms with E-state index in [9.17, 15) is 18.0 Å². The van der Waals surface area contributed by atoms with Gasteiger partial charge in [-0.1, -0.05) is 6.42 Å². The number of halogens is 3. The van der Waals surface area contributed by atoms with Gasteiger partial charge in [-0.25, -0.2) is 9.48 Å². The van der Waals surface area contributed by atoms with Crippen molar-refractivity contribution in [3.05, 3.63) is 16.3 Å². The van der Waals surface area contributed by atoms with Crippen molar-refractivity contribution in [2.45, 2.75) is 37.9 Å². The van der Waals surface area contributed by atoms with Crippen LogP contribution >= 0.6 is 0 Å². The summed E-state index contributed by atoms with van der Waals surface area (Å²) < 4.78 is 38.6. The van der Waals surface area contributed by atoms with Gasteiger partial charge >= 0.3 is 11.9 Å². The molecule has 16 heavy (non-hydrogen) atoms. The fourth-order valence-electron chi connectivity index (χ4n) is 1.82. The lowest BCUT2D eigenvalue weighted by Crippen LogP contribution is -2.31. The second kappa shape index (κ2) is 3.64. The zero-order chi connectivity index (χ0) is 11.9. The van der Waals surface area contributed by atoms with E-state index in [0.29, 0.717) is 0 Å². The summed E-state index contributed by atoms with van der Waals surface area (Å²) in [5, 5.41) is 3.88. The Morgan fingerprint density at radius 2 is 2.06 bits per heavy atom. The highest BCUT2D eigenvalue weighted by atomic mass is 19.4. The van der Waals surface area contributed by atoms with Crippen molar-refractivity contribution in [3.8, 4) is 0 Å². The summed E-state index contributed by atoms with van der Waals surface area (Å²) in [5.41, 5.74) is -0.695. The van der Waals surface area contributed by atoms with E-state index >= 15 is 0 Å². The van der Waals surface area contributed by atoms with Crippen molar-refractivity contribution < 1.29 is 13.2 Å². The molecule has 1 heterocycles. The average molecular weight is 235 g/mol. The van der Waals surface area contributed by atoms with Crippen molar-refractivity contribution >= 4 is 0 Å². The van der Waals surface area contributed by atoms with Gasteiger partial charge in [0.2, 0.25) is 0 Å². The largest absolute Gasteiger partial charge is 0.406 e. The van der Waals surface area contributed by atoms with Gasteiger partial charge in [-0.15, -0.1) is 0 Å². The van der Waals surface area contributed by atoms with Crippen LogP contribution in [-0.4, -0.2) is 20.5 Å². The first kappa shape index (κ1) is 11.2. The predicted octanol–water partition coefficient (Wildman–Crippen LogP) is 1.41. The minimum Gasteiger partial charge on any atom is -0.269 e. The van der Waals surface area contributed by atoms with Crippen molar-refractivity contribution in [3.63, 3.8) is 0 Å². The Kier molecular flexibility index (Phi) is 2.55. The zero-order valence-corrected chi connectivity index (χ0v) is 8.79. The highest BCUT2D eigenvalue weighted by molar-refractivity contribution is 5.02. The third-order valence-electron chi connectivity index (χ3n) is 2.84. The molecule has 1 aliphatic carbocycles. The van der Waals surface area contributed by atoms with Crippen LogP contribution in [0.1, 0.15) is 31.0 Å². The maximum Gasteiger partial charge on any atom is 0.406 e. The fourth-order valence-corrected chi connectivity index (χ4v) is 1.82. The molecule has 7 heteroatoms. The minimum absolute atomic E-state index is 0.0104. The lowest BCUT2D eigenvalue weighted by atomic mass is 9.85. The third-order valence-corrected chi connectivity index (χ3v) is 2.84. The number of aryl methyl sites for hydroxylation is 1. The van der Waals surface area contributed by atoms with E-state index in [1.807, 2.05) is 0 Å². The maximum atomic E-state index is 12.3. The highest BCUT2D eigenvalue weighted by Gasteiger charge is 2.34. The Balaban J connectivity index is 2.37. The number of aromatic nitrogens is 3. The van der Waals surface area contributed by atoms with Crippen LogP contribution in [0.5, 0.6) is 0 Å². The fraction of sp³-hybridized carbons (Fsp3) is 0.778. The zero-order valence-electron chi connectivity index (χ0n) is 8.79. The molecule has 1 aromatic rings. The molecule has 0 unspecified atom stereocenters. The van der Waals surface area contributed by atoms with Crippen LogP contribution < -0.4 is 5.69 Å². The molecule has 0 spiro atoms. The number of hydrogen-bond acceptors (Lipinski definition) is 2. The molecule has 1 fully saturated rings. The third kappa shape index (κ3) is 1.98. The molecule has 0 N–H and O–H groups in total. The van der Waals surface area contributed by atoms with Crippen LogP contribution in [0.25, 0.3) is 0 Å². The van der Waals surface area contributed by atoms with Crippen LogP contribution in [0, 0.1) is 0 Å². The molecule has 1 aromatic heterocycles. The summed E-state index contributed by atoms with van der Waals surface area (Å²) in [5.74, 6) is 0.285. The van der Waals surface area contributed by atoms with Gasteiger partial charge in [-0.05, 0) is 12.8 Å². The molecule has 2 rings (SSSR count). The molecular weight excluding hydrogens is 223 g/mol. The summed E-state index contributed by atoms with van der Waals surface area (Å²) >= 11 is 0. The lowest BCUT2D eigenvalue weighted by Gasteiger charge is -2.24. The first-order valence-electron chi connectivity index (χ1n) is 5.09. The highest BCUT2D eigenvalue weighted by Crippen LogP contribution is 2.35. The number of alkyl halides is 3. The van der Waals surface area contributed by atoms with Gasteiger partial charge in [0.15, 0.2) is 0 Å². The molecule has 1 aliphatic rings. The molecule has 90 valence electrons. The van der Waals surface area contributed by atoms with Gasteiger partial charge < -0.3 is 0 Å². The van der Waals surface area contributed by atoms with E-state index in [4.69, 9.17) is 0 Å². The van der Waals surface area contributed by atoms with E-state index in [1.165, 1.54) is 7.05 Å².